The van der Waals surface area contributed by atoms with Gasteiger partial charge >= 0.3 is 0 Å². The summed E-state index contributed by atoms with van der Waals surface area (Å²) in [6, 6.07) is 13.7. The van der Waals surface area contributed by atoms with Crippen LogP contribution in [0, 0.1) is 17.0 Å². The molecular weight excluding hydrogens is 426 g/mol. The molecule has 0 saturated carbocycles. The van der Waals surface area contributed by atoms with Gasteiger partial charge in [-0.3, -0.25) is 19.7 Å². The monoisotopic (exact) mass is 457 g/mol. The lowest BCUT2D eigenvalue weighted by Gasteiger charge is -2.31. The third-order valence-electron chi connectivity index (χ3n) is 4.93. The Labute approximate surface area is 193 Å². The Morgan fingerprint density at radius 2 is 1.66 bits per heavy atom. The molecule has 1 N–H and O–H groups in total. The summed E-state index contributed by atoms with van der Waals surface area (Å²) in [6.45, 7) is 8.07. The number of non-ortho nitro benzene ring substituents is 1. The Morgan fingerprint density at radius 3 is 2.19 bits per heavy atom. The van der Waals surface area contributed by atoms with Gasteiger partial charge in [-0.15, -0.1) is 11.8 Å². The molecule has 0 heterocycles. The number of carbonyl (C=O) groups excluding carboxylic acids is 2. The van der Waals surface area contributed by atoms with Crippen molar-refractivity contribution in [2.75, 3.05) is 5.75 Å². The van der Waals surface area contributed by atoms with Gasteiger partial charge in [0.15, 0.2) is 0 Å². The fourth-order valence-corrected chi connectivity index (χ4v) is 4.11. The topological polar surface area (TPSA) is 92.6 Å². The third-order valence-corrected chi connectivity index (χ3v) is 5.92. The Morgan fingerprint density at radius 1 is 1.06 bits per heavy atom. The standard InChI is InChI=1S/C24H31N3O4S/c1-5-22(24(29)25-17(2)3)26(14-19-8-6-18(4)7-9-19)23(28)16-32-15-20-10-12-21(13-11-20)27(30)31/h6-13,17,22H,5,14-16H2,1-4H3,(H,25,29)/t22-/m0/s1. The van der Waals surface area contributed by atoms with Crippen molar-refractivity contribution < 1.29 is 14.5 Å². The van der Waals surface area contributed by atoms with E-state index in [9.17, 15) is 19.7 Å². The smallest absolute Gasteiger partial charge is 0.269 e. The second-order valence-corrected chi connectivity index (χ2v) is 9.00. The fraction of sp³-hybridized carbons (Fsp3) is 0.417. The van der Waals surface area contributed by atoms with Gasteiger partial charge in [-0.25, -0.2) is 0 Å². The SMILES string of the molecule is CC[C@@H](C(=O)NC(C)C)N(Cc1ccc(C)cc1)C(=O)CSCc1ccc([N+](=O)[O-])cc1. The van der Waals surface area contributed by atoms with Crippen molar-refractivity contribution in [3.8, 4) is 0 Å². The molecule has 0 aliphatic heterocycles. The van der Waals surface area contributed by atoms with Crippen molar-refractivity contribution in [3.63, 3.8) is 0 Å². The predicted molar refractivity (Wildman–Crippen MR) is 128 cm³/mol. The van der Waals surface area contributed by atoms with Gasteiger partial charge in [0, 0.05) is 30.5 Å². The lowest BCUT2D eigenvalue weighted by molar-refractivity contribution is -0.384. The molecule has 2 aromatic carbocycles. The van der Waals surface area contributed by atoms with Crippen LogP contribution in [0.5, 0.6) is 0 Å². The van der Waals surface area contributed by atoms with Crippen molar-refractivity contribution in [1.29, 1.82) is 0 Å². The van der Waals surface area contributed by atoms with Crippen LogP contribution >= 0.6 is 11.8 Å². The molecule has 0 saturated heterocycles. The number of nitrogens with zero attached hydrogens (tertiary/aromatic N) is 2. The highest BCUT2D eigenvalue weighted by molar-refractivity contribution is 7.99. The maximum absolute atomic E-state index is 13.2. The van der Waals surface area contributed by atoms with E-state index in [1.807, 2.05) is 52.0 Å². The normalized spacial score (nSPS) is 11.8. The van der Waals surface area contributed by atoms with Gasteiger partial charge in [-0.05, 0) is 38.3 Å². The minimum Gasteiger partial charge on any atom is -0.352 e. The van der Waals surface area contributed by atoms with Crippen molar-refractivity contribution >= 4 is 29.3 Å². The molecule has 0 aliphatic rings. The maximum Gasteiger partial charge on any atom is 0.269 e. The average molecular weight is 458 g/mol. The van der Waals surface area contributed by atoms with E-state index in [4.69, 9.17) is 0 Å². The summed E-state index contributed by atoms with van der Waals surface area (Å²) in [4.78, 5) is 38.0. The molecule has 0 aliphatic carbocycles. The van der Waals surface area contributed by atoms with Crippen molar-refractivity contribution in [1.82, 2.24) is 10.2 Å². The second-order valence-electron chi connectivity index (χ2n) is 8.01. The first-order chi connectivity index (χ1) is 15.2. The number of carbonyl (C=O) groups is 2. The minimum absolute atomic E-state index is 0.00982. The van der Waals surface area contributed by atoms with E-state index in [0.717, 1.165) is 16.7 Å². The highest BCUT2D eigenvalue weighted by atomic mass is 32.2. The van der Waals surface area contributed by atoms with Gasteiger partial charge in [-0.1, -0.05) is 48.9 Å². The largest absolute Gasteiger partial charge is 0.352 e. The summed E-state index contributed by atoms with van der Waals surface area (Å²) >= 11 is 1.43. The van der Waals surface area contributed by atoms with Gasteiger partial charge in [-0.2, -0.15) is 0 Å². The van der Waals surface area contributed by atoms with Crippen LogP contribution in [0.4, 0.5) is 5.69 Å². The lowest BCUT2D eigenvalue weighted by atomic mass is 10.1. The van der Waals surface area contributed by atoms with Crippen LogP contribution in [-0.2, 0) is 21.9 Å². The van der Waals surface area contributed by atoms with Crippen LogP contribution in [0.1, 0.15) is 43.9 Å². The van der Waals surface area contributed by atoms with Crippen LogP contribution < -0.4 is 5.32 Å². The molecule has 7 nitrogen and oxygen atoms in total. The van der Waals surface area contributed by atoms with E-state index < -0.39 is 11.0 Å². The first-order valence-corrected chi connectivity index (χ1v) is 11.8. The molecule has 2 rings (SSSR count). The van der Waals surface area contributed by atoms with Gasteiger partial charge in [0.2, 0.25) is 11.8 Å². The number of nitro benzene ring substituents is 1. The van der Waals surface area contributed by atoms with Gasteiger partial charge in [0.1, 0.15) is 6.04 Å². The van der Waals surface area contributed by atoms with Crippen molar-refractivity contribution in [2.45, 2.75) is 58.5 Å². The van der Waals surface area contributed by atoms with Gasteiger partial charge < -0.3 is 10.2 Å². The molecule has 0 radical (unpaired) electrons. The first-order valence-electron chi connectivity index (χ1n) is 10.7. The number of nitrogens with one attached hydrogen (secondary N) is 1. The first kappa shape index (κ1) is 25.4. The zero-order chi connectivity index (χ0) is 23.7. The number of amides is 2. The summed E-state index contributed by atoms with van der Waals surface area (Å²) < 4.78 is 0. The Kier molecular flexibility index (Phi) is 9.71. The third kappa shape index (κ3) is 7.67. The minimum atomic E-state index is -0.550. The van der Waals surface area contributed by atoms with Gasteiger partial charge in [0.25, 0.3) is 5.69 Å². The molecule has 0 unspecified atom stereocenters. The fourth-order valence-electron chi connectivity index (χ4n) is 3.24. The molecule has 2 aromatic rings. The van der Waals surface area contributed by atoms with Crippen LogP contribution in [-0.4, -0.2) is 39.5 Å². The number of nitro groups is 1. The molecule has 8 heteroatoms. The summed E-state index contributed by atoms with van der Waals surface area (Å²) in [5, 5.41) is 13.7. The molecule has 0 fully saturated rings. The number of benzene rings is 2. The molecule has 0 aromatic heterocycles. The number of aryl methyl sites for hydroxylation is 1. The second kappa shape index (κ2) is 12.2. The highest BCUT2D eigenvalue weighted by Crippen LogP contribution is 2.19. The zero-order valence-electron chi connectivity index (χ0n) is 19.0. The van der Waals surface area contributed by atoms with Crippen molar-refractivity contribution in [3.05, 3.63) is 75.3 Å². The number of thioether (sulfide) groups is 1. The number of rotatable bonds is 11. The molecule has 0 spiro atoms. The van der Waals surface area contributed by atoms with E-state index in [-0.39, 0.29) is 29.3 Å². The summed E-state index contributed by atoms with van der Waals surface area (Å²) in [5.41, 5.74) is 3.05. The molecule has 32 heavy (non-hydrogen) atoms. The molecule has 1 atom stereocenters. The quantitative estimate of drug-likeness (QED) is 0.397. The Bertz CT molecular complexity index is 914. The summed E-state index contributed by atoms with van der Waals surface area (Å²) in [5.74, 6) is 0.511. The Balaban J connectivity index is 2.10. The van der Waals surface area contributed by atoms with Crippen LogP contribution in [0.3, 0.4) is 0 Å². The van der Waals surface area contributed by atoms with E-state index in [0.29, 0.717) is 18.7 Å². The summed E-state index contributed by atoms with van der Waals surface area (Å²) in [6.07, 6.45) is 0.517. The summed E-state index contributed by atoms with van der Waals surface area (Å²) in [7, 11) is 0. The van der Waals surface area contributed by atoms with E-state index in [2.05, 4.69) is 5.32 Å². The van der Waals surface area contributed by atoms with Crippen LogP contribution in [0.2, 0.25) is 0 Å². The number of hydrogen-bond donors (Lipinski definition) is 1. The molecular formula is C24H31N3O4S. The molecule has 2 amide bonds. The predicted octanol–water partition coefficient (Wildman–Crippen LogP) is 4.47. The van der Waals surface area contributed by atoms with E-state index in [1.165, 1.54) is 23.9 Å². The maximum atomic E-state index is 13.2. The average Bonchev–Trinajstić information content (AvgIpc) is 2.74. The lowest BCUT2D eigenvalue weighted by Crippen LogP contribution is -2.50. The molecule has 0 bridgehead atoms. The van der Waals surface area contributed by atoms with E-state index in [1.54, 1.807) is 17.0 Å². The van der Waals surface area contributed by atoms with Crippen LogP contribution in [0.25, 0.3) is 0 Å². The van der Waals surface area contributed by atoms with Crippen molar-refractivity contribution in [2.24, 2.45) is 0 Å². The van der Waals surface area contributed by atoms with Gasteiger partial charge in [0.05, 0.1) is 10.7 Å². The highest BCUT2D eigenvalue weighted by Gasteiger charge is 2.28. The van der Waals surface area contributed by atoms with Crippen LogP contribution in [0.15, 0.2) is 48.5 Å². The van der Waals surface area contributed by atoms with E-state index >= 15 is 0 Å². The molecule has 172 valence electrons. The Hall–Kier alpha value is -2.87. The zero-order valence-corrected chi connectivity index (χ0v) is 19.9. The number of hydrogen-bond acceptors (Lipinski definition) is 5.